The monoisotopic (exact) mass is 277 g/mol. The van der Waals surface area contributed by atoms with Crippen molar-refractivity contribution in [2.45, 2.75) is 50.6 Å². The first-order valence-electron chi connectivity index (χ1n) is 8.08. The zero-order valence-corrected chi connectivity index (χ0v) is 12.1. The number of benzene rings is 1. The van der Waals surface area contributed by atoms with E-state index in [1.807, 2.05) is 0 Å². The van der Waals surface area contributed by atoms with Crippen LogP contribution in [0.1, 0.15) is 65.0 Å². The number of hydrogen-bond donors (Lipinski definition) is 1. The van der Waals surface area contributed by atoms with E-state index in [1.54, 1.807) is 0 Å². The molecule has 3 nitrogen and oxygen atoms in total. The standard InChI is InChI=1S/C18H19N3/c1-2-4-13-11(3-1)7-8-14(13)18-20-16-10-19-9-15(16)17(21-18)12-5-6-12/h1-4,12,14,19H,5-10H2. The first-order chi connectivity index (χ1) is 10.4. The van der Waals surface area contributed by atoms with Gasteiger partial charge in [-0.25, -0.2) is 9.97 Å². The molecule has 2 heterocycles. The van der Waals surface area contributed by atoms with Gasteiger partial charge in [0.2, 0.25) is 0 Å². The molecule has 3 heteroatoms. The van der Waals surface area contributed by atoms with Crippen molar-refractivity contribution in [2.75, 3.05) is 0 Å². The van der Waals surface area contributed by atoms with Crippen LogP contribution in [-0.2, 0) is 19.5 Å². The van der Waals surface area contributed by atoms with Gasteiger partial charge in [-0.3, -0.25) is 0 Å². The van der Waals surface area contributed by atoms with Crippen LogP contribution in [0, 0.1) is 0 Å². The van der Waals surface area contributed by atoms with Crippen molar-refractivity contribution in [2.24, 2.45) is 0 Å². The van der Waals surface area contributed by atoms with Crippen LogP contribution in [0.15, 0.2) is 24.3 Å². The van der Waals surface area contributed by atoms with Crippen molar-refractivity contribution < 1.29 is 0 Å². The van der Waals surface area contributed by atoms with Gasteiger partial charge in [0.05, 0.1) is 11.4 Å². The molecule has 1 saturated carbocycles. The Morgan fingerprint density at radius 3 is 2.81 bits per heavy atom. The predicted molar refractivity (Wildman–Crippen MR) is 81.2 cm³/mol. The lowest BCUT2D eigenvalue weighted by Gasteiger charge is -2.14. The van der Waals surface area contributed by atoms with Gasteiger partial charge in [0.25, 0.3) is 0 Å². The Balaban J connectivity index is 1.63. The summed E-state index contributed by atoms with van der Waals surface area (Å²) in [6.45, 7) is 1.88. The molecule has 0 saturated heterocycles. The lowest BCUT2D eigenvalue weighted by molar-refractivity contribution is 0.706. The molecule has 2 aromatic rings. The molecule has 5 rings (SSSR count). The molecule has 1 atom stereocenters. The Kier molecular flexibility index (Phi) is 2.47. The molecule has 1 aromatic carbocycles. The third-order valence-electron chi connectivity index (χ3n) is 5.14. The molecule has 0 spiro atoms. The summed E-state index contributed by atoms with van der Waals surface area (Å²) in [6, 6.07) is 8.81. The molecule has 1 unspecified atom stereocenters. The zero-order chi connectivity index (χ0) is 13.8. The fraction of sp³-hybridized carbons (Fsp3) is 0.444. The second kappa shape index (κ2) is 4.38. The number of hydrogen-bond acceptors (Lipinski definition) is 3. The SMILES string of the molecule is c1ccc2c(c1)CCC2c1nc2c(c(C3CC3)n1)CNC2. The number of nitrogens with zero attached hydrogens (tertiary/aromatic N) is 2. The van der Waals surface area contributed by atoms with E-state index >= 15 is 0 Å². The lowest BCUT2D eigenvalue weighted by atomic mass is 9.99. The maximum Gasteiger partial charge on any atom is 0.136 e. The van der Waals surface area contributed by atoms with E-state index in [0.29, 0.717) is 11.8 Å². The molecule has 0 radical (unpaired) electrons. The van der Waals surface area contributed by atoms with Crippen LogP contribution in [0.5, 0.6) is 0 Å². The quantitative estimate of drug-likeness (QED) is 0.917. The van der Waals surface area contributed by atoms with Crippen LogP contribution in [0.25, 0.3) is 0 Å². The van der Waals surface area contributed by atoms with Crippen molar-refractivity contribution >= 4 is 0 Å². The van der Waals surface area contributed by atoms with Crippen LogP contribution in [-0.4, -0.2) is 9.97 Å². The van der Waals surface area contributed by atoms with Crippen molar-refractivity contribution in [1.82, 2.24) is 15.3 Å². The highest BCUT2D eigenvalue weighted by atomic mass is 15.0. The second-order valence-corrected chi connectivity index (χ2v) is 6.56. The summed E-state index contributed by atoms with van der Waals surface area (Å²) in [5, 5.41) is 3.45. The molecule has 106 valence electrons. The van der Waals surface area contributed by atoms with Gasteiger partial charge in [-0.2, -0.15) is 0 Å². The van der Waals surface area contributed by atoms with Crippen molar-refractivity contribution in [3.05, 3.63) is 58.2 Å². The Hall–Kier alpha value is -1.74. The second-order valence-electron chi connectivity index (χ2n) is 6.56. The average Bonchev–Trinajstić information content (AvgIpc) is 3.10. The van der Waals surface area contributed by atoms with Gasteiger partial charge < -0.3 is 5.32 Å². The number of aromatic nitrogens is 2. The lowest BCUT2D eigenvalue weighted by Crippen LogP contribution is -2.09. The van der Waals surface area contributed by atoms with Crippen molar-refractivity contribution in [1.29, 1.82) is 0 Å². The normalized spacial score (nSPS) is 23.1. The largest absolute Gasteiger partial charge is 0.307 e. The molecule has 1 aliphatic heterocycles. The van der Waals surface area contributed by atoms with E-state index in [9.17, 15) is 0 Å². The maximum absolute atomic E-state index is 5.04. The topological polar surface area (TPSA) is 37.8 Å². The summed E-state index contributed by atoms with van der Waals surface area (Å²) in [7, 11) is 0. The Morgan fingerprint density at radius 1 is 1.00 bits per heavy atom. The van der Waals surface area contributed by atoms with Gasteiger partial charge in [0.15, 0.2) is 0 Å². The third-order valence-corrected chi connectivity index (χ3v) is 5.14. The Morgan fingerprint density at radius 2 is 1.90 bits per heavy atom. The minimum absolute atomic E-state index is 0.407. The summed E-state index contributed by atoms with van der Waals surface area (Å²) in [4.78, 5) is 9.97. The molecule has 0 bridgehead atoms. The molecule has 3 aliphatic rings. The van der Waals surface area contributed by atoms with Crippen LogP contribution < -0.4 is 5.32 Å². The minimum Gasteiger partial charge on any atom is -0.307 e. The molecular formula is C18H19N3. The minimum atomic E-state index is 0.407. The predicted octanol–water partition coefficient (Wildman–Crippen LogP) is 3.04. The van der Waals surface area contributed by atoms with Gasteiger partial charge >= 0.3 is 0 Å². The van der Waals surface area contributed by atoms with E-state index in [-0.39, 0.29) is 0 Å². The van der Waals surface area contributed by atoms with Crippen molar-refractivity contribution in [3.63, 3.8) is 0 Å². The highest BCUT2D eigenvalue weighted by molar-refractivity contribution is 5.41. The molecular weight excluding hydrogens is 258 g/mol. The zero-order valence-electron chi connectivity index (χ0n) is 12.1. The van der Waals surface area contributed by atoms with Gasteiger partial charge in [0.1, 0.15) is 5.82 Å². The molecule has 0 amide bonds. The summed E-state index contributed by atoms with van der Waals surface area (Å²) >= 11 is 0. The molecule has 21 heavy (non-hydrogen) atoms. The number of fused-ring (bicyclic) bond motifs is 2. The van der Waals surface area contributed by atoms with Crippen LogP contribution in [0.4, 0.5) is 0 Å². The Labute approximate surface area is 124 Å². The molecule has 1 fully saturated rings. The molecule has 1 aromatic heterocycles. The van der Waals surface area contributed by atoms with Crippen LogP contribution in [0.3, 0.4) is 0 Å². The average molecular weight is 277 g/mol. The summed E-state index contributed by atoms with van der Waals surface area (Å²) in [6.07, 6.45) is 4.95. The van der Waals surface area contributed by atoms with Crippen LogP contribution in [0.2, 0.25) is 0 Å². The third kappa shape index (κ3) is 1.84. The smallest absolute Gasteiger partial charge is 0.136 e. The number of aryl methyl sites for hydroxylation is 1. The Bertz CT molecular complexity index is 718. The fourth-order valence-corrected chi connectivity index (χ4v) is 3.89. The maximum atomic E-state index is 5.04. The number of rotatable bonds is 2. The van der Waals surface area contributed by atoms with Gasteiger partial charge in [-0.1, -0.05) is 24.3 Å². The van der Waals surface area contributed by atoms with E-state index in [2.05, 4.69) is 29.6 Å². The summed E-state index contributed by atoms with van der Waals surface area (Å²) in [5.74, 6) is 2.19. The first kappa shape index (κ1) is 11.9. The summed E-state index contributed by atoms with van der Waals surface area (Å²) < 4.78 is 0. The fourth-order valence-electron chi connectivity index (χ4n) is 3.89. The van der Waals surface area contributed by atoms with Gasteiger partial charge in [0, 0.05) is 30.5 Å². The first-order valence-corrected chi connectivity index (χ1v) is 8.08. The molecule has 1 N–H and O–H groups in total. The highest BCUT2D eigenvalue weighted by Crippen LogP contribution is 2.43. The summed E-state index contributed by atoms with van der Waals surface area (Å²) in [5.41, 5.74) is 6.94. The van der Waals surface area contributed by atoms with Crippen molar-refractivity contribution in [3.8, 4) is 0 Å². The van der Waals surface area contributed by atoms with E-state index in [4.69, 9.17) is 9.97 Å². The molecule has 2 aliphatic carbocycles. The van der Waals surface area contributed by atoms with E-state index in [0.717, 1.165) is 31.8 Å². The van der Waals surface area contributed by atoms with E-state index in [1.165, 1.54) is 40.9 Å². The highest BCUT2D eigenvalue weighted by Gasteiger charge is 2.33. The number of nitrogens with one attached hydrogen (secondary N) is 1. The van der Waals surface area contributed by atoms with E-state index < -0.39 is 0 Å². The van der Waals surface area contributed by atoms with Gasteiger partial charge in [-0.05, 0) is 36.8 Å². The van der Waals surface area contributed by atoms with Crippen LogP contribution >= 0.6 is 0 Å². The van der Waals surface area contributed by atoms with Gasteiger partial charge in [-0.15, -0.1) is 0 Å².